The molecule has 82 valence electrons. The fourth-order valence-electron chi connectivity index (χ4n) is 0.896. The number of amides is 2. The van der Waals surface area contributed by atoms with E-state index in [4.69, 9.17) is 0 Å². The first-order chi connectivity index (χ1) is 7.13. The fourth-order valence-corrected chi connectivity index (χ4v) is 1.22. The first-order valence-corrected chi connectivity index (χ1v) is 5.33. The number of nitrogens with zero attached hydrogens (tertiary/aromatic N) is 1. The predicted octanol–water partition coefficient (Wildman–Crippen LogP) is 2.08. The van der Waals surface area contributed by atoms with Crippen LogP contribution in [-0.4, -0.2) is 22.7 Å². The minimum absolute atomic E-state index is 0.0366. The van der Waals surface area contributed by atoms with Gasteiger partial charge in [-0.2, -0.15) is 0 Å². The van der Waals surface area contributed by atoms with Crippen LogP contribution in [-0.2, 0) is 0 Å². The maximum Gasteiger partial charge on any atom is 0.320 e. The van der Waals surface area contributed by atoms with E-state index in [0.29, 0.717) is 17.0 Å². The molecule has 0 saturated heterocycles. The molecule has 5 nitrogen and oxygen atoms in total. The Morgan fingerprint density at radius 2 is 2.33 bits per heavy atom. The van der Waals surface area contributed by atoms with Crippen molar-refractivity contribution < 1.29 is 9.90 Å². The molecule has 0 aliphatic rings. The second kappa shape index (κ2) is 5.55. The van der Waals surface area contributed by atoms with Gasteiger partial charge in [-0.25, -0.2) is 9.78 Å². The number of aromatic hydroxyl groups is 1. The standard InChI is InChI=1S/C9H12BrN3O2/c1-2-5-11-9(15)13-7-4-3-6(14)8(10)12-7/h3-4,14H,2,5H2,1H3,(H2,11,12,13,15). The Morgan fingerprint density at radius 3 is 2.93 bits per heavy atom. The summed E-state index contributed by atoms with van der Waals surface area (Å²) >= 11 is 3.06. The van der Waals surface area contributed by atoms with Crippen LogP contribution in [0.4, 0.5) is 10.6 Å². The molecule has 6 heteroatoms. The summed E-state index contributed by atoms with van der Waals surface area (Å²) < 4.78 is 0.302. The van der Waals surface area contributed by atoms with Crippen LogP contribution < -0.4 is 10.6 Å². The second-order valence-electron chi connectivity index (χ2n) is 2.89. The Morgan fingerprint density at radius 1 is 1.60 bits per heavy atom. The summed E-state index contributed by atoms with van der Waals surface area (Å²) in [6, 6.07) is 2.67. The van der Waals surface area contributed by atoms with Gasteiger partial charge in [-0.15, -0.1) is 0 Å². The van der Waals surface area contributed by atoms with Gasteiger partial charge in [-0.05, 0) is 34.5 Å². The van der Waals surface area contributed by atoms with Gasteiger partial charge in [-0.3, -0.25) is 5.32 Å². The van der Waals surface area contributed by atoms with Crippen LogP contribution in [0, 0.1) is 0 Å². The quantitative estimate of drug-likeness (QED) is 0.739. The van der Waals surface area contributed by atoms with Crippen molar-refractivity contribution in [3.63, 3.8) is 0 Å². The number of halogens is 1. The highest BCUT2D eigenvalue weighted by molar-refractivity contribution is 9.10. The number of anilines is 1. The van der Waals surface area contributed by atoms with Gasteiger partial charge in [0.25, 0.3) is 0 Å². The third-order valence-electron chi connectivity index (χ3n) is 1.61. The van der Waals surface area contributed by atoms with E-state index in [1.54, 1.807) is 0 Å². The first kappa shape index (κ1) is 11.8. The van der Waals surface area contributed by atoms with Crippen molar-refractivity contribution in [2.75, 3.05) is 11.9 Å². The minimum atomic E-state index is -0.304. The van der Waals surface area contributed by atoms with Crippen LogP contribution >= 0.6 is 15.9 Å². The molecule has 0 spiro atoms. The molecule has 0 unspecified atom stereocenters. The van der Waals surface area contributed by atoms with E-state index in [0.717, 1.165) is 6.42 Å². The average Bonchev–Trinajstić information content (AvgIpc) is 2.20. The molecule has 0 fully saturated rings. The molecule has 0 aromatic carbocycles. The van der Waals surface area contributed by atoms with Crippen LogP contribution in [0.5, 0.6) is 5.75 Å². The summed E-state index contributed by atoms with van der Waals surface area (Å²) in [5.74, 6) is 0.419. The lowest BCUT2D eigenvalue weighted by Crippen LogP contribution is -2.29. The number of hydrogen-bond acceptors (Lipinski definition) is 3. The van der Waals surface area contributed by atoms with Crippen molar-refractivity contribution in [3.8, 4) is 5.75 Å². The Labute approximate surface area is 96.0 Å². The van der Waals surface area contributed by atoms with E-state index < -0.39 is 0 Å². The van der Waals surface area contributed by atoms with E-state index in [2.05, 4.69) is 31.5 Å². The van der Waals surface area contributed by atoms with E-state index in [1.807, 2.05) is 6.92 Å². The van der Waals surface area contributed by atoms with Crippen LogP contribution in [0.2, 0.25) is 0 Å². The Hall–Kier alpha value is -1.30. The van der Waals surface area contributed by atoms with Gasteiger partial charge in [0.1, 0.15) is 16.2 Å². The number of carbonyl (C=O) groups is 1. The molecule has 2 amide bonds. The van der Waals surface area contributed by atoms with Crippen molar-refractivity contribution in [3.05, 3.63) is 16.7 Å². The molecule has 1 aromatic heterocycles. The number of urea groups is 1. The van der Waals surface area contributed by atoms with Gasteiger partial charge >= 0.3 is 6.03 Å². The summed E-state index contributed by atoms with van der Waals surface area (Å²) in [5, 5.41) is 14.4. The summed E-state index contributed by atoms with van der Waals surface area (Å²) in [5.41, 5.74) is 0. The lowest BCUT2D eigenvalue weighted by molar-refractivity contribution is 0.252. The number of pyridine rings is 1. The molecule has 15 heavy (non-hydrogen) atoms. The first-order valence-electron chi connectivity index (χ1n) is 4.54. The lowest BCUT2D eigenvalue weighted by Gasteiger charge is -2.06. The Kier molecular flexibility index (Phi) is 4.36. The van der Waals surface area contributed by atoms with Gasteiger partial charge in [0.05, 0.1) is 0 Å². The summed E-state index contributed by atoms with van der Waals surface area (Å²) in [6.07, 6.45) is 0.875. The third kappa shape index (κ3) is 3.75. The smallest absolute Gasteiger partial charge is 0.320 e. The summed E-state index contributed by atoms with van der Waals surface area (Å²) in [6.45, 7) is 2.58. The molecular weight excluding hydrogens is 262 g/mol. The van der Waals surface area contributed by atoms with Gasteiger partial charge < -0.3 is 10.4 Å². The van der Waals surface area contributed by atoms with Crippen molar-refractivity contribution in [1.29, 1.82) is 0 Å². The monoisotopic (exact) mass is 273 g/mol. The third-order valence-corrected chi connectivity index (χ3v) is 2.19. The fraction of sp³-hybridized carbons (Fsp3) is 0.333. The summed E-state index contributed by atoms with van der Waals surface area (Å²) in [4.78, 5) is 15.1. The van der Waals surface area contributed by atoms with Crippen LogP contribution in [0.1, 0.15) is 13.3 Å². The summed E-state index contributed by atoms with van der Waals surface area (Å²) in [7, 11) is 0. The van der Waals surface area contributed by atoms with E-state index in [9.17, 15) is 9.90 Å². The topological polar surface area (TPSA) is 74.2 Å². The van der Waals surface area contributed by atoms with E-state index >= 15 is 0 Å². The zero-order valence-electron chi connectivity index (χ0n) is 8.25. The van der Waals surface area contributed by atoms with Crippen LogP contribution in [0.25, 0.3) is 0 Å². The van der Waals surface area contributed by atoms with Crippen molar-refractivity contribution in [2.45, 2.75) is 13.3 Å². The molecule has 1 heterocycles. The SMILES string of the molecule is CCCNC(=O)Nc1ccc(O)c(Br)n1. The second-order valence-corrected chi connectivity index (χ2v) is 3.64. The van der Waals surface area contributed by atoms with Crippen molar-refractivity contribution in [2.24, 2.45) is 0 Å². The highest BCUT2D eigenvalue weighted by Gasteiger charge is 2.04. The maximum atomic E-state index is 11.2. The molecule has 0 aliphatic carbocycles. The predicted molar refractivity (Wildman–Crippen MR) is 60.9 cm³/mol. The lowest BCUT2D eigenvalue weighted by atomic mass is 10.4. The zero-order chi connectivity index (χ0) is 11.3. The molecular formula is C9H12BrN3O2. The zero-order valence-corrected chi connectivity index (χ0v) is 9.84. The van der Waals surface area contributed by atoms with Gasteiger partial charge in [0.2, 0.25) is 0 Å². The Bertz CT molecular complexity index is 357. The number of aromatic nitrogens is 1. The van der Waals surface area contributed by atoms with Gasteiger partial charge in [-0.1, -0.05) is 6.92 Å². The maximum absolute atomic E-state index is 11.2. The molecule has 1 aromatic rings. The van der Waals surface area contributed by atoms with Crippen LogP contribution in [0.3, 0.4) is 0 Å². The molecule has 0 radical (unpaired) electrons. The minimum Gasteiger partial charge on any atom is -0.505 e. The van der Waals surface area contributed by atoms with E-state index in [1.165, 1.54) is 12.1 Å². The molecule has 1 rings (SSSR count). The van der Waals surface area contributed by atoms with Crippen molar-refractivity contribution >= 4 is 27.8 Å². The number of rotatable bonds is 3. The Balaban J connectivity index is 2.57. The van der Waals surface area contributed by atoms with Crippen LogP contribution in [0.15, 0.2) is 16.7 Å². The normalized spacial score (nSPS) is 9.73. The molecule has 3 N–H and O–H groups in total. The average molecular weight is 274 g/mol. The van der Waals surface area contributed by atoms with Crippen molar-refractivity contribution in [1.82, 2.24) is 10.3 Å². The highest BCUT2D eigenvalue weighted by Crippen LogP contribution is 2.22. The molecule has 0 aliphatic heterocycles. The number of hydrogen-bond donors (Lipinski definition) is 3. The van der Waals surface area contributed by atoms with Gasteiger partial charge in [0, 0.05) is 6.54 Å². The van der Waals surface area contributed by atoms with Gasteiger partial charge in [0.15, 0.2) is 0 Å². The number of nitrogens with one attached hydrogen (secondary N) is 2. The molecule has 0 atom stereocenters. The molecule has 0 bridgehead atoms. The highest BCUT2D eigenvalue weighted by atomic mass is 79.9. The largest absolute Gasteiger partial charge is 0.505 e. The van der Waals surface area contributed by atoms with E-state index in [-0.39, 0.29) is 11.8 Å². The number of carbonyl (C=O) groups excluding carboxylic acids is 1. The molecule has 0 saturated carbocycles.